The molecule has 4 aromatic heterocycles. The number of piperidine rings is 1. The van der Waals surface area contributed by atoms with Crippen molar-refractivity contribution in [1.82, 2.24) is 39.7 Å². The number of nitrogens with two attached hydrogens (primary N) is 1. The molecule has 5 aromatic rings. The van der Waals surface area contributed by atoms with Crippen LogP contribution in [0.4, 0.5) is 23.4 Å². The second-order valence-electron chi connectivity index (χ2n) is 11.5. The van der Waals surface area contributed by atoms with E-state index in [1.54, 1.807) is 11.0 Å². The molecule has 46 heavy (non-hydrogen) atoms. The molecule has 0 spiro atoms. The number of nitrogens with zero attached hydrogens (tertiary/aromatic N) is 7. The van der Waals surface area contributed by atoms with Crippen LogP contribution in [-0.4, -0.2) is 72.3 Å². The van der Waals surface area contributed by atoms with Gasteiger partial charge < -0.3 is 10.6 Å². The largest absolute Gasteiger partial charge is 0.416 e. The Morgan fingerprint density at radius 1 is 1.04 bits per heavy atom. The van der Waals surface area contributed by atoms with E-state index in [9.17, 15) is 30.8 Å². The minimum absolute atomic E-state index is 0.107. The fourth-order valence-electron chi connectivity index (χ4n) is 6.65. The lowest BCUT2D eigenvalue weighted by Gasteiger charge is -2.38. The number of nitrogens with one attached hydrogen (secondary N) is 1. The number of hydrogen-bond acceptors (Lipinski definition) is 9. The average Bonchev–Trinajstić information content (AvgIpc) is 3.74. The molecule has 2 atom stereocenters. The first-order chi connectivity index (χ1) is 21.8. The van der Waals surface area contributed by atoms with Gasteiger partial charge in [-0.1, -0.05) is 6.07 Å². The van der Waals surface area contributed by atoms with E-state index >= 15 is 0 Å². The number of pyridine rings is 1. The highest BCUT2D eigenvalue weighted by atomic mass is 32.2. The summed E-state index contributed by atoms with van der Waals surface area (Å²) in [5.41, 5.74) is 6.85. The summed E-state index contributed by atoms with van der Waals surface area (Å²) in [6, 6.07) is 4.94. The van der Waals surface area contributed by atoms with Crippen molar-refractivity contribution in [2.75, 3.05) is 12.0 Å². The molecular weight excluding hydrogens is 630 g/mol. The van der Waals surface area contributed by atoms with Gasteiger partial charge in [0.2, 0.25) is 5.82 Å². The third kappa shape index (κ3) is 4.94. The molecule has 7 rings (SSSR count). The number of benzene rings is 1. The second-order valence-corrected chi connectivity index (χ2v) is 13.5. The lowest BCUT2D eigenvalue weighted by atomic mass is 9.87. The molecule has 2 aliphatic heterocycles. The number of H-pyrrole nitrogens is 1. The number of anilines is 1. The quantitative estimate of drug-likeness (QED) is 0.263. The summed E-state index contributed by atoms with van der Waals surface area (Å²) in [5.74, 6) is -1.64. The summed E-state index contributed by atoms with van der Waals surface area (Å²) in [6.45, 7) is 0. The Kier molecular flexibility index (Phi) is 6.84. The normalized spacial score (nSPS) is 20.0. The van der Waals surface area contributed by atoms with Crippen LogP contribution in [0.2, 0.25) is 0 Å². The van der Waals surface area contributed by atoms with Crippen molar-refractivity contribution in [1.29, 1.82) is 0 Å². The lowest BCUT2D eigenvalue weighted by molar-refractivity contribution is -0.137. The molecule has 2 saturated heterocycles. The number of carbonyl (C=O) groups excluding carboxylic acids is 1. The number of sulfone groups is 1. The fourth-order valence-corrected chi connectivity index (χ4v) is 7.71. The molecular formula is C29H25F4N9O3S. The van der Waals surface area contributed by atoms with Crippen LogP contribution < -0.4 is 5.73 Å². The predicted octanol–water partition coefficient (Wildman–Crippen LogP) is 4.27. The summed E-state index contributed by atoms with van der Waals surface area (Å²) >= 11 is 0. The summed E-state index contributed by atoms with van der Waals surface area (Å²) in [6.07, 6.45) is 2.88. The van der Waals surface area contributed by atoms with Gasteiger partial charge in [-0.05, 0) is 49.9 Å². The summed E-state index contributed by atoms with van der Waals surface area (Å²) in [4.78, 5) is 27.9. The third-order valence-corrected chi connectivity index (χ3v) is 9.81. The Bertz CT molecular complexity index is 2080. The Balaban J connectivity index is 1.25. The van der Waals surface area contributed by atoms with Crippen molar-refractivity contribution in [2.45, 2.75) is 54.8 Å². The molecule has 3 N–H and O–H groups in total. The first-order valence-electron chi connectivity index (χ1n) is 14.2. The van der Waals surface area contributed by atoms with Gasteiger partial charge in [0.25, 0.3) is 5.91 Å². The SMILES string of the molecule is CS(=O)(=O)c1c(C2CC3CCC(C2)N3C(=O)c2ncn[nH]2)nc2c(-c3ccc(-c4ccc(C(F)(F)F)cc4F)nc3)cnn2c1N. The number of nitrogen functional groups attached to an aromatic ring is 1. The van der Waals surface area contributed by atoms with Gasteiger partial charge in [0, 0.05) is 47.1 Å². The van der Waals surface area contributed by atoms with Crippen LogP contribution in [0.5, 0.6) is 0 Å². The number of hydrogen-bond donors (Lipinski definition) is 2. The van der Waals surface area contributed by atoms with Crippen LogP contribution in [0.3, 0.4) is 0 Å². The van der Waals surface area contributed by atoms with E-state index in [1.807, 2.05) is 0 Å². The highest BCUT2D eigenvalue weighted by Gasteiger charge is 2.46. The lowest BCUT2D eigenvalue weighted by Crippen LogP contribution is -2.46. The van der Waals surface area contributed by atoms with Crippen LogP contribution in [-0.2, 0) is 16.0 Å². The van der Waals surface area contributed by atoms with Crippen LogP contribution >= 0.6 is 0 Å². The van der Waals surface area contributed by atoms with Crippen molar-refractivity contribution < 1.29 is 30.8 Å². The molecule has 6 heterocycles. The van der Waals surface area contributed by atoms with Gasteiger partial charge in [-0.15, -0.1) is 0 Å². The number of rotatable bonds is 5. The number of alkyl halides is 3. The zero-order chi connectivity index (χ0) is 32.5. The van der Waals surface area contributed by atoms with Gasteiger partial charge in [0.05, 0.1) is 23.1 Å². The van der Waals surface area contributed by atoms with Gasteiger partial charge in [-0.2, -0.15) is 27.9 Å². The highest BCUT2D eigenvalue weighted by Crippen LogP contribution is 2.45. The summed E-state index contributed by atoms with van der Waals surface area (Å²) in [5, 5.41) is 10.7. The highest BCUT2D eigenvalue weighted by molar-refractivity contribution is 7.91. The van der Waals surface area contributed by atoms with Crippen LogP contribution in [0.25, 0.3) is 28.0 Å². The first kappa shape index (κ1) is 29.8. The molecule has 2 fully saturated rings. The van der Waals surface area contributed by atoms with Crippen molar-refractivity contribution in [3.05, 3.63) is 72.0 Å². The third-order valence-electron chi connectivity index (χ3n) is 8.65. The topological polar surface area (TPSA) is 165 Å². The van der Waals surface area contributed by atoms with Gasteiger partial charge in [0.1, 0.15) is 22.9 Å². The van der Waals surface area contributed by atoms with Crippen LogP contribution in [0, 0.1) is 5.82 Å². The Labute approximate surface area is 258 Å². The predicted molar refractivity (Wildman–Crippen MR) is 155 cm³/mol. The van der Waals surface area contributed by atoms with Crippen LogP contribution in [0.15, 0.2) is 53.9 Å². The van der Waals surface area contributed by atoms with Crippen LogP contribution in [0.1, 0.15) is 53.5 Å². The van der Waals surface area contributed by atoms with Gasteiger partial charge >= 0.3 is 6.18 Å². The minimum Gasteiger partial charge on any atom is -0.382 e. The smallest absolute Gasteiger partial charge is 0.382 e. The minimum atomic E-state index is -4.68. The standard InChI is InChI=1S/C29H25F4N9O3S/c1-46(44,45)24-23(15-8-17-4-5-18(9-15)41(17)28(43)26-36-13-37-40-26)39-27-20(12-38-42(27)25(24)34)14-2-7-22(35-11-14)19-6-3-16(10-21(19)30)29(31,32)33/h2-3,6-7,10-13,15,17-18H,4-5,8-9,34H2,1H3,(H,36,37,40). The van der Waals surface area contributed by atoms with E-state index in [0.717, 1.165) is 31.2 Å². The van der Waals surface area contributed by atoms with E-state index in [4.69, 9.17) is 10.7 Å². The number of aromatic nitrogens is 7. The monoisotopic (exact) mass is 655 g/mol. The van der Waals surface area contributed by atoms with Gasteiger partial charge in [-0.25, -0.2) is 22.8 Å². The zero-order valence-corrected chi connectivity index (χ0v) is 24.8. The molecule has 1 aromatic carbocycles. The molecule has 2 aliphatic rings. The Morgan fingerprint density at radius 3 is 2.37 bits per heavy atom. The molecule has 1 amide bonds. The van der Waals surface area contributed by atoms with Gasteiger partial charge in [-0.3, -0.25) is 14.9 Å². The van der Waals surface area contributed by atoms with E-state index in [2.05, 4.69) is 25.3 Å². The van der Waals surface area contributed by atoms with Crippen molar-refractivity contribution in [3.8, 4) is 22.4 Å². The maximum Gasteiger partial charge on any atom is 0.416 e. The Morgan fingerprint density at radius 2 is 1.78 bits per heavy atom. The number of aromatic amines is 1. The van der Waals surface area contributed by atoms with Crippen molar-refractivity contribution in [3.63, 3.8) is 0 Å². The molecule has 0 radical (unpaired) electrons. The molecule has 12 nitrogen and oxygen atoms in total. The maximum atomic E-state index is 14.6. The Hall–Kier alpha value is -4.93. The molecule has 0 aliphatic carbocycles. The fraction of sp³-hybridized carbons (Fsp3) is 0.310. The summed E-state index contributed by atoms with van der Waals surface area (Å²) < 4.78 is 80.9. The molecule has 2 unspecified atom stereocenters. The molecule has 2 bridgehead atoms. The number of amides is 1. The van der Waals surface area contributed by atoms with E-state index in [-0.39, 0.29) is 63.0 Å². The average molecular weight is 656 g/mol. The maximum absolute atomic E-state index is 14.6. The van der Waals surface area contributed by atoms with E-state index < -0.39 is 27.4 Å². The second kappa shape index (κ2) is 10.6. The summed E-state index contributed by atoms with van der Waals surface area (Å²) in [7, 11) is -3.86. The molecule has 17 heteroatoms. The molecule has 238 valence electrons. The zero-order valence-electron chi connectivity index (χ0n) is 24.0. The van der Waals surface area contributed by atoms with E-state index in [0.29, 0.717) is 30.0 Å². The first-order valence-corrected chi connectivity index (χ1v) is 16.1. The van der Waals surface area contributed by atoms with Crippen molar-refractivity contribution >= 4 is 27.2 Å². The van der Waals surface area contributed by atoms with Crippen molar-refractivity contribution in [2.24, 2.45) is 0 Å². The number of halogens is 4. The molecule has 0 saturated carbocycles. The van der Waals surface area contributed by atoms with Gasteiger partial charge in [0.15, 0.2) is 15.5 Å². The number of fused-ring (bicyclic) bond motifs is 3. The number of carbonyl (C=O) groups is 1. The van der Waals surface area contributed by atoms with E-state index in [1.165, 1.54) is 29.3 Å².